The molecule has 3 nitrogen and oxygen atoms in total. The molecule has 2 N–H and O–H groups in total. The number of nitrogens with one attached hydrogen (secondary N) is 1. The normalized spacial score (nSPS) is 15.7. The second-order valence-electron chi connectivity index (χ2n) is 3.59. The lowest BCUT2D eigenvalue weighted by atomic mass is 10.3. The Morgan fingerprint density at radius 2 is 2.21 bits per heavy atom. The quantitative estimate of drug-likeness (QED) is 0.778. The van der Waals surface area contributed by atoms with Crippen molar-refractivity contribution in [3.05, 3.63) is 21.9 Å². The van der Waals surface area contributed by atoms with E-state index >= 15 is 0 Å². The highest BCUT2D eigenvalue weighted by molar-refractivity contribution is 7.12. The van der Waals surface area contributed by atoms with Crippen LogP contribution in [0.4, 0.5) is 0 Å². The molecule has 0 atom stereocenters. The fourth-order valence-corrected chi connectivity index (χ4v) is 2.25. The van der Waals surface area contributed by atoms with Crippen molar-refractivity contribution in [2.45, 2.75) is 31.8 Å². The average Bonchev–Trinajstić information content (AvgIpc) is 2.84. The Morgan fingerprint density at radius 1 is 1.50 bits per heavy atom. The SMILES string of the molecule is O=C(O)Cc1ccc(CNC2CC2)s1. The molecule has 4 heteroatoms. The molecule has 0 radical (unpaired) electrons. The summed E-state index contributed by atoms with van der Waals surface area (Å²) in [6.45, 7) is 0.884. The van der Waals surface area contributed by atoms with Gasteiger partial charge in [-0.1, -0.05) is 0 Å². The van der Waals surface area contributed by atoms with E-state index in [4.69, 9.17) is 5.11 Å². The Bertz CT molecular complexity index is 331. The van der Waals surface area contributed by atoms with Crippen molar-refractivity contribution in [3.8, 4) is 0 Å². The zero-order chi connectivity index (χ0) is 9.97. The first-order valence-electron chi connectivity index (χ1n) is 4.77. The van der Waals surface area contributed by atoms with Crippen LogP contribution in [-0.4, -0.2) is 17.1 Å². The molecule has 76 valence electrons. The molecule has 0 bridgehead atoms. The van der Waals surface area contributed by atoms with Gasteiger partial charge in [0, 0.05) is 22.3 Å². The highest BCUT2D eigenvalue weighted by Gasteiger charge is 2.20. The Kier molecular flexibility index (Phi) is 2.84. The third-order valence-corrected chi connectivity index (χ3v) is 3.27. The molecular weight excluding hydrogens is 198 g/mol. The van der Waals surface area contributed by atoms with Crippen molar-refractivity contribution in [1.29, 1.82) is 0 Å². The minimum atomic E-state index is -0.756. The third kappa shape index (κ3) is 2.82. The number of carboxylic acids is 1. The van der Waals surface area contributed by atoms with E-state index in [9.17, 15) is 4.79 Å². The molecule has 1 aromatic rings. The van der Waals surface area contributed by atoms with Crippen LogP contribution in [0.15, 0.2) is 12.1 Å². The lowest BCUT2D eigenvalue weighted by Gasteiger charge is -1.97. The second kappa shape index (κ2) is 4.11. The van der Waals surface area contributed by atoms with Crippen LogP contribution in [0.5, 0.6) is 0 Å². The zero-order valence-electron chi connectivity index (χ0n) is 7.82. The highest BCUT2D eigenvalue weighted by Crippen LogP contribution is 2.21. The summed E-state index contributed by atoms with van der Waals surface area (Å²) in [7, 11) is 0. The highest BCUT2D eigenvalue weighted by atomic mass is 32.1. The molecule has 0 unspecified atom stereocenters. The van der Waals surface area contributed by atoms with Gasteiger partial charge in [-0.2, -0.15) is 0 Å². The monoisotopic (exact) mass is 211 g/mol. The lowest BCUT2D eigenvalue weighted by molar-refractivity contribution is -0.136. The summed E-state index contributed by atoms with van der Waals surface area (Å²) < 4.78 is 0. The largest absolute Gasteiger partial charge is 0.481 e. The van der Waals surface area contributed by atoms with Gasteiger partial charge in [-0.3, -0.25) is 4.79 Å². The summed E-state index contributed by atoms with van der Waals surface area (Å²) in [5.41, 5.74) is 0. The molecule has 0 saturated heterocycles. The number of carboxylic acid groups (broad SMARTS) is 1. The summed E-state index contributed by atoms with van der Waals surface area (Å²) in [6, 6.07) is 4.63. The minimum absolute atomic E-state index is 0.147. The van der Waals surface area contributed by atoms with Gasteiger partial charge in [-0.15, -0.1) is 11.3 Å². The van der Waals surface area contributed by atoms with Crippen molar-refractivity contribution >= 4 is 17.3 Å². The first kappa shape index (κ1) is 9.68. The third-order valence-electron chi connectivity index (χ3n) is 2.19. The van der Waals surface area contributed by atoms with Crippen LogP contribution in [-0.2, 0) is 17.8 Å². The molecule has 1 heterocycles. The van der Waals surface area contributed by atoms with Crippen molar-refractivity contribution in [1.82, 2.24) is 5.32 Å². The summed E-state index contributed by atoms with van der Waals surface area (Å²) in [5.74, 6) is -0.756. The molecule has 0 aliphatic heterocycles. The molecule has 0 aromatic carbocycles. The maximum absolute atomic E-state index is 10.4. The fraction of sp³-hybridized carbons (Fsp3) is 0.500. The van der Waals surface area contributed by atoms with Gasteiger partial charge in [0.2, 0.25) is 0 Å². The van der Waals surface area contributed by atoms with Gasteiger partial charge in [0.25, 0.3) is 0 Å². The first-order chi connectivity index (χ1) is 6.74. The van der Waals surface area contributed by atoms with Gasteiger partial charge in [-0.05, 0) is 25.0 Å². The van der Waals surface area contributed by atoms with E-state index in [0.29, 0.717) is 6.04 Å². The van der Waals surface area contributed by atoms with Crippen LogP contribution >= 0.6 is 11.3 Å². The topological polar surface area (TPSA) is 49.3 Å². The molecule has 0 spiro atoms. The molecule has 1 aromatic heterocycles. The molecule has 1 aliphatic rings. The maximum atomic E-state index is 10.4. The Balaban J connectivity index is 1.84. The van der Waals surface area contributed by atoms with Gasteiger partial charge in [-0.25, -0.2) is 0 Å². The smallest absolute Gasteiger partial charge is 0.308 e. The second-order valence-corrected chi connectivity index (χ2v) is 4.85. The average molecular weight is 211 g/mol. The predicted molar refractivity (Wildman–Crippen MR) is 55.5 cm³/mol. The van der Waals surface area contributed by atoms with Crippen molar-refractivity contribution in [3.63, 3.8) is 0 Å². The van der Waals surface area contributed by atoms with Crippen molar-refractivity contribution in [2.24, 2.45) is 0 Å². The maximum Gasteiger partial charge on any atom is 0.308 e. The van der Waals surface area contributed by atoms with E-state index in [1.54, 1.807) is 11.3 Å². The lowest BCUT2D eigenvalue weighted by Crippen LogP contribution is -2.14. The Labute approximate surface area is 86.8 Å². The minimum Gasteiger partial charge on any atom is -0.481 e. The summed E-state index contributed by atoms with van der Waals surface area (Å²) >= 11 is 1.59. The van der Waals surface area contributed by atoms with Gasteiger partial charge in [0.1, 0.15) is 0 Å². The van der Waals surface area contributed by atoms with Crippen LogP contribution in [0.3, 0.4) is 0 Å². The van der Waals surface area contributed by atoms with Crippen LogP contribution in [0.25, 0.3) is 0 Å². The van der Waals surface area contributed by atoms with Gasteiger partial charge in [0.15, 0.2) is 0 Å². The van der Waals surface area contributed by atoms with E-state index in [1.165, 1.54) is 17.7 Å². The van der Waals surface area contributed by atoms with Crippen LogP contribution in [0, 0.1) is 0 Å². The first-order valence-corrected chi connectivity index (χ1v) is 5.58. The number of aliphatic carboxylic acids is 1. The van der Waals surface area contributed by atoms with Gasteiger partial charge in [0.05, 0.1) is 6.42 Å². The molecule has 1 fully saturated rings. The summed E-state index contributed by atoms with van der Waals surface area (Å²) in [6.07, 6.45) is 2.72. The van der Waals surface area contributed by atoms with Crippen LogP contribution in [0.1, 0.15) is 22.6 Å². The van der Waals surface area contributed by atoms with Gasteiger partial charge >= 0.3 is 5.97 Å². The van der Waals surface area contributed by atoms with Gasteiger partial charge < -0.3 is 10.4 Å². The number of carbonyl (C=O) groups is 1. The van der Waals surface area contributed by atoms with Crippen LogP contribution in [0.2, 0.25) is 0 Å². The van der Waals surface area contributed by atoms with E-state index in [1.807, 2.05) is 12.1 Å². The summed E-state index contributed by atoms with van der Waals surface area (Å²) in [4.78, 5) is 12.6. The summed E-state index contributed by atoms with van der Waals surface area (Å²) in [5, 5.41) is 12.0. The molecule has 2 rings (SSSR count). The molecule has 1 aliphatic carbocycles. The van der Waals surface area contributed by atoms with E-state index in [2.05, 4.69) is 5.32 Å². The fourth-order valence-electron chi connectivity index (χ4n) is 1.29. The predicted octanol–water partition coefficient (Wildman–Crippen LogP) is 1.63. The zero-order valence-corrected chi connectivity index (χ0v) is 8.64. The van der Waals surface area contributed by atoms with Crippen molar-refractivity contribution < 1.29 is 9.90 Å². The molecule has 14 heavy (non-hydrogen) atoms. The molecule has 0 amide bonds. The number of thiophene rings is 1. The van der Waals surface area contributed by atoms with E-state index in [-0.39, 0.29) is 6.42 Å². The number of hydrogen-bond donors (Lipinski definition) is 2. The standard InChI is InChI=1S/C10H13NO2S/c12-10(13)5-8-3-4-9(14-8)6-11-7-1-2-7/h3-4,7,11H,1-2,5-6H2,(H,12,13). The molecular formula is C10H13NO2S. The van der Waals surface area contributed by atoms with E-state index in [0.717, 1.165) is 11.4 Å². The van der Waals surface area contributed by atoms with Crippen molar-refractivity contribution in [2.75, 3.05) is 0 Å². The molecule has 1 saturated carbocycles. The number of hydrogen-bond acceptors (Lipinski definition) is 3. The Hall–Kier alpha value is -0.870. The Morgan fingerprint density at radius 3 is 2.86 bits per heavy atom. The van der Waals surface area contributed by atoms with Crippen LogP contribution < -0.4 is 5.32 Å². The number of rotatable bonds is 5. The van der Waals surface area contributed by atoms with E-state index < -0.39 is 5.97 Å².